The fourth-order valence-electron chi connectivity index (χ4n) is 5.54. The second kappa shape index (κ2) is 17.1. The highest BCUT2D eigenvalue weighted by Gasteiger charge is 2.37. The van der Waals surface area contributed by atoms with Crippen LogP contribution in [0.5, 0.6) is 0 Å². The Morgan fingerprint density at radius 3 is 1.78 bits per heavy atom. The van der Waals surface area contributed by atoms with Gasteiger partial charge in [0.1, 0.15) is 6.04 Å². The third-order valence-corrected chi connectivity index (χ3v) is 7.92. The van der Waals surface area contributed by atoms with Crippen molar-refractivity contribution in [3.8, 4) is 0 Å². The molecule has 0 bridgehead atoms. The summed E-state index contributed by atoms with van der Waals surface area (Å²) in [7, 11) is 0. The van der Waals surface area contributed by atoms with Crippen LogP contribution in [0.15, 0.2) is 0 Å². The Labute approximate surface area is 225 Å². The first-order chi connectivity index (χ1) is 17.7. The summed E-state index contributed by atoms with van der Waals surface area (Å²) in [6, 6.07) is -0.132. The number of hydrogen-bond acceptors (Lipinski definition) is 4. The van der Waals surface area contributed by atoms with E-state index in [1.54, 1.807) is 4.90 Å². The predicted octanol–water partition coefficient (Wildman–Crippen LogP) is 5.24. The molecule has 37 heavy (non-hydrogen) atoms. The molecular weight excluding hydrogens is 466 g/mol. The molecule has 2 unspecified atom stereocenters. The number of likely N-dealkylation sites (tertiary alicyclic amines) is 1. The van der Waals surface area contributed by atoms with E-state index in [1.165, 1.54) is 51.4 Å². The summed E-state index contributed by atoms with van der Waals surface area (Å²) < 4.78 is 0. The Hall–Kier alpha value is -1.63. The van der Waals surface area contributed by atoms with Crippen molar-refractivity contribution in [2.45, 2.75) is 155 Å². The molecule has 1 heterocycles. The number of amides is 3. The lowest BCUT2D eigenvalue weighted by Gasteiger charge is -2.33. The molecule has 0 spiro atoms. The van der Waals surface area contributed by atoms with E-state index in [0.29, 0.717) is 38.4 Å². The Kier molecular flexibility index (Phi) is 14.6. The average molecular weight is 522 g/mol. The van der Waals surface area contributed by atoms with Crippen molar-refractivity contribution in [3.63, 3.8) is 0 Å². The van der Waals surface area contributed by atoms with Crippen LogP contribution in [0.3, 0.4) is 0 Å². The van der Waals surface area contributed by atoms with Crippen LogP contribution in [-0.4, -0.2) is 59.0 Å². The van der Waals surface area contributed by atoms with Crippen molar-refractivity contribution in [2.75, 3.05) is 13.1 Å². The molecule has 7 nitrogen and oxygen atoms in total. The number of nitrogens with one attached hydrogen (secondary N) is 2. The Bertz CT molecular complexity index is 685. The molecule has 3 amide bonds. The van der Waals surface area contributed by atoms with Gasteiger partial charge in [-0.3, -0.25) is 14.4 Å². The molecule has 1 saturated heterocycles. The summed E-state index contributed by atoms with van der Waals surface area (Å²) in [4.78, 5) is 39.2. The number of unbranched alkanes of at least 4 members (excludes halogenated alkanes) is 9. The van der Waals surface area contributed by atoms with Gasteiger partial charge >= 0.3 is 0 Å². The molecule has 0 aromatic carbocycles. The molecule has 0 radical (unpaired) electrons. The topological polar surface area (TPSA) is 98.7 Å². The lowest BCUT2D eigenvalue weighted by atomic mass is 9.85. The quantitative estimate of drug-likeness (QED) is 0.242. The SMILES string of the molecule is CC(C)(C)C(NC(=O)CCCCCCCCCCCCC(=O)NC1CCCCC1)C(=O)N1CCC(O)C1. The lowest BCUT2D eigenvalue weighted by Crippen LogP contribution is -2.54. The van der Waals surface area contributed by atoms with Crippen molar-refractivity contribution >= 4 is 17.7 Å². The molecular formula is C30H55N3O4. The maximum Gasteiger partial charge on any atom is 0.245 e. The van der Waals surface area contributed by atoms with E-state index in [0.717, 1.165) is 44.9 Å². The zero-order valence-electron chi connectivity index (χ0n) is 24.0. The number of aliphatic hydroxyl groups excluding tert-OH is 1. The van der Waals surface area contributed by atoms with Gasteiger partial charge in [0.05, 0.1) is 6.10 Å². The monoisotopic (exact) mass is 521 g/mol. The zero-order chi connectivity index (χ0) is 27.1. The van der Waals surface area contributed by atoms with E-state index in [2.05, 4.69) is 10.6 Å². The highest BCUT2D eigenvalue weighted by Crippen LogP contribution is 2.23. The first-order valence-corrected chi connectivity index (χ1v) is 15.2. The maximum absolute atomic E-state index is 12.9. The molecule has 0 aromatic rings. The van der Waals surface area contributed by atoms with Crippen LogP contribution in [0.4, 0.5) is 0 Å². The van der Waals surface area contributed by atoms with Gasteiger partial charge in [-0.2, -0.15) is 0 Å². The standard InChI is InChI=1S/C30H55N3O4/c1-30(2,3)28(29(37)33-22-21-25(34)23-33)32-27(36)20-16-11-9-7-5-4-6-8-10-15-19-26(35)31-24-17-13-12-14-18-24/h24-25,28,34H,4-23H2,1-3H3,(H,31,35)(H,32,36). The summed E-state index contributed by atoms with van der Waals surface area (Å²) in [6.07, 6.45) is 18.7. The number of carbonyl (C=O) groups excluding carboxylic acids is 3. The highest BCUT2D eigenvalue weighted by atomic mass is 16.3. The van der Waals surface area contributed by atoms with E-state index in [4.69, 9.17) is 0 Å². The van der Waals surface area contributed by atoms with Gasteiger partial charge in [-0.15, -0.1) is 0 Å². The number of carbonyl (C=O) groups is 3. The number of rotatable bonds is 16. The molecule has 2 rings (SSSR count). The lowest BCUT2D eigenvalue weighted by molar-refractivity contribution is -0.138. The maximum atomic E-state index is 12.9. The van der Waals surface area contributed by atoms with Gasteiger partial charge in [-0.05, 0) is 37.5 Å². The molecule has 7 heteroatoms. The highest BCUT2D eigenvalue weighted by molar-refractivity contribution is 5.88. The van der Waals surface area contributed by atoms with E-state index in [9.17, 15) is 19.5 Å². The van der Waals surface area contributed by atoms with E-state index < -0.39 is 12.1 Å². The third-order valence-electron chi connectivity index (χ3n) is 7.92. The van der Waals surface area contributed by atoms with Gasteiger partial charge in [0.2, 0.25) is 17.7 Å². The van der Waals surface area contributed by atoms with E-state index in [-0.39, 0.29) is 23.1 Å². The van der Waals surface area contributed by atoms with E-state index in [1.807, 2.05) is 20.8 Å². The minimum Gasteiger partial charge on any atom is -0.391 e. The van der Waals surface area contributed by atoms with Crippen LogP contribution >= 0.6 is 0 Å². The fourth-order valence-corrected chi connectivity index (χ4v) is 5.54. The van der Waals surface area contributed by atoms with Gasteiger partial charge in [-0.1, -0.05) is 91.4 Å². The van der Waals surface area contributed by atoms with Crippen LogP contribution in [-0.2, 0) is 14.4 Å². The molecule has 2 aliphatic rings. The number of aliphatic hydroxyl groups is 1. The normalized spacial score (nSPS) is 19.6. The number of nitrogens with zero attached hydrogens (tertiary/aromatic N) is 1. The summed E-state index contributed by atoms with van der Waals surface area (Å²) in [5.41, 5.74) is -0.373. The van der Waals surface area contributed by atoms with Gasteiger partial charge in [0.25, 0.3) is 0 Å². The molecule has 0 aromatic heterocycles. The minimum atomic E-state index is -0.559. The summed E-state index contributed by atoms with van der Waals surface area (Å²) >= 11 is 0. The smallest absolute Gasteiger partial charge is 0.245 e. The molecule has 214 valence electrons. The molecule has 2 fully saturated rings. The van der Waals surface area contributed by atoms with Crippen molar-refractivity contribution in [2.24, 2.45) is 5.41 Å². The van der Waals surface area contributed by atoms with Crippen molar-refractivity contribution in [1.29, 1.82) is 0 Å². The molecule has 2 atom stereocenters. The van der Waals surface area contributed by atoms with Crippen molar-refractivity contribution in [1.82, 2.24) is 15.5 Å². The summed E-state index contributed by atoms with van der Waals surface area (Å²) in [6.45, 7) is 6.82. The second-order valence-electron chi connectivity index (χ2n) is 12.5. The molecule has 1 aliphatic carbocycles. The second-order valence-corrected chi connectivity index (χ2v) is 12.5. The average Bonchev–Trinajstić information content (AvgIpc) is 3.29. The number of hydrogen-bond donors (Lipinski definition) is 3. The van der Waals surface area contributed by atoms with Crippen LogP contribution in [0.2, 0.25) is 0 Å². The first kappa shape index (κ1) is 31.6. The summed E-state index contributed by atoms with van der Waals surface area (Å²) in [5, 5.41) is 15.9. The fraction of sp³-hybridized carbons (Fsp3) is 0.900. The van der Waals surface area contributed by atoms with Crippen LogP contribution in [0.1, 0.15) is 136 Å². The Morgan fingerprint density at radius 2 is 1.30 bits per heavy atom. The summed E-state index contributed by atoms with van der Waals surface area (Å²) in [5.74, 6) is 0.105. The largest absolute Gasteiger partial charge is 0.391 e. The van der Waals surface area contributed by atoms with Crippen LogP contribution in [0.25, 0.3) is 0 Å². The molecule has 3 N–H and O–H groups in total. The zero-order valence-corrected chi connectivity index (χ0v) is 24.0. The van der Waals surface area contributed by atoms with Crippen LogP contribution in [0, 0.1) is 5.41 Å². The minimum absolute atomic E-state index is 0.0551. The van der Waals surface area contributed by atoms with Crippen molar-refractivity contribution < 1.29 is 19.5 Å². The van der Waals surface area contributed by atoms with Crippen molar-refractivity contribution in [3.05, 3.63) is 0 Å². The number of β-amino-alcohol motifs (C(OH)–C–C–N with tert-alkyl or cyclic N) is 1. The Balaban J connectivity index is 1.43. The Morgan fingerprint density at radius 1 is 0.784 bits per heavy atom. The predicted molar refractivity (Wildman–Crippen MR) is 149 cm³/mol. The molecule has 1 saturated carbocycles. The first-order valence-electron chi connectivity index (χ1n) is 15.2. The van der Waals surface area contributed by atoms with Gasteiger partial charge in [0, 0.05) is 32.0 Å². The van der Waals surface area contributed by atoms with Crippen LogP contribution < -0.4 is 10.6 Å². The molecule has 1 aliphatic heterocycles. The van der Waals surface area contributed by atoms with Gasteiger partial charge < -0.3 is 20.6 Å². The third kappa shape index (κ3) is 13.1. The van der Waals surface area contributed by atoms with Gasteiger partial charge in [-0.25, -0.2) is 0 Å². The van der Waals surface area contributed by atoms with E-state index >= 15 is 0 Å². The van der Waals surface area contributed by atoms with Gasteiger partial charge in [0.15, 0.2) is 0 Å².